The van der Waals surface area contributed by atoms with Gasteiger partial charge in [0.1, 0.15) is 5.82 Å². The van der Waals surface area contributed by atoms with E-state index in [1.165, 1.54) is 36.2 Å². The van der Waals surface area contributed by atoms with Gasteiger partial charge in [-0.25, -0.2) is 4.39 Å². The second-order valence-electron chi connectivity index (χ2n) is 7.17. The maximum Gasteiger partial charge on any atom is 0.226 e. The van der Waals surface area contributed by atoms with Crippen molar-refractivity contribution in [3.8, 4) is 11.1 Å². The molecule has 0 aliphatic heterocycles. The van der Waals surface area contributed by atoms with Crippen molar-refractivity contribution in [1.29, 1.82) is 0 Å². The number of nitrogens with zero attached hydrogens (tertiary/aromatic N) is 2. The van der Waals surface area contributed by atoms with Gasteiger partial charge < -0.3 is 4.90 Å². The van der Waals surface area contributed by atoms with Crippen molar-refractivity contribution in [3.63, 3.8) is 0 Å². The predicted octanol–water partition coefficient (Wildman–Crippen LogP) is 6.01. The third-order valence-electron chi connectivity index (χ3n) is 5.10. The number of Topliss-reactive ketones (excluding diaryl/α,β-unsaturated/α-hetero) is 1. The number of halogens is 4. The lowest BCUT2D eigenvalue weighted by molar-refractivity contribution is -0.118. The van der Waals surface area contributed by atoms with Gasteiger partial charge in [-0.1, -0.05) is 36.7 Å². The summed E-state index contributed by atoms with van der Waals surface area (Å²) in [7, 11) is 1.51. The molecule has 0 saturated carbocycles. The van der Waals surface area contributed by atoms with Crippen LogP contribution in [0.25, 0.3) is 11.1 Å². The largest absolute Gasteiger partial charge is 0.313 e. The maximum atomic E-state index is 14.6. The number of rotatable bonds is 7. The number of carbonyl (C=O) groups excluding carboxylic acids is 2. The van der Waals surface area contributed by atoms with E-state index in [9.17, 15) is 22.8 Å². The zero-order valence-corrected chi connectivity index (χ0v) is 18.2. The van der Waals surface area contributed by atoms with E-state index in [0.717, 1.165) is 6.07 Å². The van der Waals surface area contributed by atoms with Crippen LogP contribution in [0.3, 0.4) is 0 Å². The molecule has 0 aliphatic rings. The molecule has 0 spiro atoms. The summed E-state index contributed by atoms with van der Waals surface area (Å²) in [5.74, 6) is -2.92. The van der Waals surface area contributed by atoms with Gasteiger partial charge in [0.15, 0.2) is 5.78 Å². The molecule has 0 bridgehead atoms. The van der Waals surface area contributed by atoms with Gasteiger partial charge in [-0.05, 0) is 42.3 Å². The van der Waals surface area contributed by atoms with Crippen molar-refractivity contribution >= 4 is 29.0 Å². The molecule has 0 fully saturated rings. The lowest BCUT2D eigenvalue weighted by atomic mass is 9.99. The number of hydrogen-bond acceptors (Lipinski definition) is 3. The fourth-order valence-corrected chi connectivity index (χ4v) is 3.55. The van der Waals surface area contributed by atoms with E-state index in [1.54, 1.807) is 25.1 Å². The summed E-state index contributed by atoms with van der Waals surface area (Å²) in [6.07, 6.45) is 0.304. The molecule has 0 N–H and O–H groups in total. The number of aromatic nitrogens is 1. The van der Waals surface area contributed by atoms with Crippen LogP contribution in [0.5, 0.6) is 0 Å². The van der Waals surface area contributed by atoms with Crippen LogP contribution >= 0.6 is 11.6 Å². The quantitative estimate of drug-likeness (QED) is 0.320. The summed E-state index contributed by atoms with van der Waals surface area (Å²) in [6, 6.07) is 11.3. The molecule has 1 heterocycles. The summed E-state index contributed by atoms with van der Waals surface area (Å²) in [5, 5.41) is 0.246. The first-order valence-corrected chi connectivity index (χ1v) is 10.3. The second kappa shape index (κ2) is 9.96. The molecular weight excluding hydrogens is 441 g/mol. The Morgan fingerprint density at radius 2 is 1.78 bits per heavy atom. The molecule has 1 aromatic heterocycles. The SMILES string of the molecule is CCC(=O)N(C)c1ccc(-c2ccc(C(=O)CCc3ccc(F)nc3F)cc2Cl)cc1F. The Bertz CT molecular complexity index is 1180. The van der Waals surface area contributed by atoms with Crippen molar-refractivity contribution in [2.75, 3.05) is 11.9 Å². The van der Waals surface area contributed by atoms with E-state index in [4.69, 9.17) is 11.6 Å². The lowest BCUT2D eigenvalue weighted by Gasteiger charge is -2.18. The molecule has 3 aromatic rings. The Kier molecular flexibility index (Phi) is 7.30. The Hall–Kier alpha value is -3.19. The van der Waals surface area contributed by atoms with Crippen LogP contribution in [0.1, 0.15) is 35.7 Å². The molecule has 0 saturated heterocycles. The number of pyridine rings is 1. The third-order valence-corrected chi connectivity index (χ3v) is 5.41. The molecule has 0 radical (unpaired) electrons. The maximum absolute atomic E-state index is 14.6. The number of ketones is 1. The molecule has 166 valence electrons. The van der Waals surface area contributed by atoms with Gasteiger partial charge in [-0.3, -0.25) is 9.59 Å². The van der Waals surface area contributed by atoms with Crippen LogP contribution in [0.2, 0.25) is 5.02 Å². The number of carbonyl (C=O) groups is 2. The summed E-state index contributed by atoms with van der Waals surface area (Å²) < 4.78 is 41.1. The average molecular weight is 461 g/mol. The molecule has 4 nitrogen and oxygen atoms in total. The standard InChI is InChI=1S/C24H20ClF3N2O2/c1-3-23(32)30(2)20-9-5-15(13-19(20)26)17-8-4-16(12-18(17)25)21(31)10-6-14-7-11-22(27)29-24(14)28/h4-5,7-9,11-13H,3,6,10H2,1-2H3. The van der Waals surface area contributed by atoms with Crippen molar-refractivity contribution in [2.24, 2.45) is 0 Å². The number of hydrogen-bond donors (Lipinski definition) is 0. The van der Waals surface area contributed by atoms with E-state index in [0.29, 0.717) is 16.7 Å². The highest BCUT2D eigenvalue weighted by molar-refractivity contribution is 6.33. The zero-order chi connectivity index (χ0) is 23.4. The fourth-order valence-electron chi connectivity index (χ4n) is 3.26. The lowest BCUT2D eigenvalue weighted by Crippen LogP contribution is -2.25. The Labute approximate surface area is 188 Å². The molecule has 8 heteroatoms. The highest BCUT2D eigenvalue weighted by Gasteiger charge is 2.16. The van der Waals surface area contributed by atoms with Crippen molar-refractivity contribution < 1.29 is 22.8 Å². The highest BCUT2D eigenvalue weighted by atomic mass is 35.5. The van der Waals surface area contributed by atoms with Crippen LogP contribution in [-0.2, 0) is 11.2 Å². The smallest absolute Gasteiger partial charge is 0.226 e. The Balaban J connectivity index is 1.76. The number of benzene rings is 2. The molecule has 32 heavy (non-hydrogen) atoms. The first kappa shape index (κ1) is 23.5. The molecule has 3 rings (SSSR count). The van der Waals surface area contributed by atoms with Crippen LogP contribution in [0.15, 0.2) is 48.5 Å². The average Bonchev–Trinajstić information content (AvgIpc) is 2.77. The van der Waals surface area contributed by atoms with Crippen molar-refractivity contribution in [1.82, 2.24) is 4.98 Å². The first-order chi connectivity index (χ1) is 15.2. The third kappa shape index (κ3) is 5.16. The minimum atomic E-state index is -0.942. The van der Waals surface area contributed by atoms with Gasteiger partial charge >= 0.3 is 0 Å². The van der Waals surface area contributed by atoms with Crippen LogP contribution < -0.4 is 4.90 Å². The summed E-state index contributed by atoms with van der Waals surface area (Å²) in [6.45, 7) is 1.70. The van der Waals surface area contributed by atoms with Gasteiger partial charge in [-0.2, -0.15) is 13.8 Å². The summed E-state index contributed by atoms with van der Waals surface area (Å²) in [5.41, 5.74) is 1.63. The van der Waals surface area contributed by atoms with Crippen molar-refractivity contribution in [2.45, 2.75) is 26.2 Å². The van der Waals surface area contributed by atoms with Crippen molar-refractivity contribution in [3.05, 3.63) is 82.4 Å². The molecule has 2 aromatic carbocycles. The predicted molar refractivity (Wildman–Crippen MR) is 117 cm³/mol. The van der Waals surface area contributed by atoms with E-state index >= 15 is 0 Å². The van der Waals surface area contributed by atoms with E-state index in [2.05, 4.69) is 4.98 Å². The van der Waals surface area contributed by atoms with E-state index in [1.807, 2.05) is 0 Å². The van der Waals surface area contributed by atoms with Crippen LogP contribution in [0.4, 0.5) is 18.9 Å². The molecule has 0 aliphatic carbocycles. The first-order valence-electron chi connectivity index (χ1n) is 9.91. The van der Waals surface area contributed by atoms with Gasteiger partial charge in [0, 0.05) is 41.6 Å². The number of aryl methyl sites for hydroxylation is 1. The number of amides is 1. The molecule has 0 unspecified atom stereocenters. The highest BCUT2D eigenvalue weighted by Crippen LogP contribution is 2.32. The van der Waals surface area contributed by atoms with E-state index in [-0.39, 0.29) is 47.2 Å². The summed E-state index contributed by atoms with van der Waals surface area (Å²) in [4.78, 5) is 28.7. The Morgan fingerprint density at radius 1 is 1.03 bits per heavy atom. The molecule has 0 atom stereocenters. The van der Waals surface area contributed by atoms with Gasteiger partial charge in [0.25, 0.3) is 0 Å². The topological polar surface area (TPSA) is 50.3 Å². The van der Waals surface area contributed by atoms with Gasteiger partial charge in [-0.15, -0.1) is 0 Å². The van der Waals surface area contributed by atoms with E-state index < -0.39 is 17.7 Å². The zero-order valence-electron chi connectivity index (χ0n) is 17.5. The Morgan fingerprint density at radius 3 is 2.41 bits per heavy atom. The van der Waals surface area contributed by atoms with Gasteiger partial charge in [0.05, 0.1) is 5.69 Å². The normalized spacial score (nSPS) is 10.8. The second-order valence-corrected chi connectivity index (χ2v) is 7.58. The minimum Gasteiger partial charge on any atom is -0.313 e. The van der Waals surface area contributed by atoms with Crippen LogP contribution in [-0.4, -0.2) is 23.7 Å². The minimum absolute atomic E-state index is 0.0129. The summed E-state index contributed by atoms with van der Waals surface area (Å²) >= 11 is 6.34. The molecular formula is C24H20ClF3N2O2. The monoisotopic (exact) mass is 460 g/mol. The molecule has 1 amide bonds. The fraction of sp³-hybridized carbons (Fsp3) is 0.208. The van der Waals surface area contributed by atoms with Gasteiger partial charge in [0.2, 0.25) is 17.8 Å². The van der Waals surface area contributed by atoms with Crippen LogP contribution in [0, 0.1) is 17.7 Å². The number of anilines is 1.